The minimum absolute atomic E-state index is 0.251. The first-order valence-electron chi connectivity index (χ1n) is 8.75. The Morgan fingerprint density at radius 3 is 2.41 bits per heavy atom. The molecule has 1 N–H and O–H groups in total. The first-order chi connectivity index (χ1) is 12.8. The number of carbonyl (C=O) groups is 1. The largest absolute Gasteiger partial charge is 0.324 e. The number of carbonyl (C=O) groups excluding carboxylic acids is 1. The molecular weight excluding hydrogens is 360 g/mol. The van der Waals surface area contributed by atoms with Crippen molar-refractivity contribution in [3.8, 4) is 0 Å². The number of nitrogens with zero attached hydrogens (tertiary/aromatic N) is 1. The molecule has 1 atom stereocenters. The lowest BCUT2D eigenvalue weighted by Gasteiger charge is -2.25. The number of benzene rings is 3. The topological polar surface area (TPSA) is 66.5 Å². The third-order valence-corrected chi connectivity index (χ3v) is 7.05. The summed E-state index contributed by atoms with van der Waals surface area (Å²) in [4.78, 5) is 13.1. The number of nitrogens with one attached hydrogen (secondary N) is 1. The highest BCUT2D eigenvalue weighted by molar-refractivity contribution is 7.93. The molecule has 138 valence electrons. The third kappa shape index (κ3) is 2.68. The molecule has 0 saturated carbocycles. The highest BCUT2D eigenvalue weighted by Gasteiger charge is 2.40. The summed E-state index contributed by atoms with van der Waals surface area (Å²) >= 11 is 0. The van der Waals surface area contributed by atoms with Crippen molar-refractivity contribution in [3.63, 3.8) is 0 Å². The van der Waals surface area contributed by atoms with Crippen molar-refractivity contribution in [3.05, 3.63) is 65.7 Å². The van der Waals surface area contributed by atoms with Crippen molar-refractivity contribution in [1.29, 1.82) is 0 Å². The van der Waals surface area contributed by atoms with Gasteiger partial charge in [0.05, 0.1) is 10.6 Å². The lowest BCUT2D eigenvalue weighted by Crippen LogP contribution is -2.44. The van der Waals surface area contributed by atoms with Gasteiger partial charge in [-0.3, -0.25) is 9.10 Å². The maximum Gasteiger partial charge on any atom is 0.265 e. The third-order valence-electron chi connectivity index (χ3n) is 5.12. The molecule has 0 spiro atoms. The minimum atomic E-state index is -3.78. The van der Waals surface area contributed by atoms with E-state index >= 15 is 0 Å². The van der Waals surface area contributed by atoms with Crippen LogP contribution in [-0.4, -0.2) is 20.4 Å². The van der Waals surface area contributed by atoms with Gasteiger partial charge in [-0.15, -0.1) is 0 Å². The molecule has 0 radical (unpaired) electrons. The molecule has 4 rings (SSSR count). The fourth-order valence-corrected chi connectivity index (χ4v) is 5.38. The molecule has 1 heterocycles. The second kappa shape index (κ2) is 6.09. The zero-order valence-corrected chi connectivity index (χ0v) is 16.2. The van der Waals surface area contributed by atoms with E-state index in [1.54, 1.807) is 25.1 Å². The molecule has 5 nitrogen and oxygen atoms in total. The SMILES string of the molecule is Cc1ccc(NC(=O)[C@@H](C)N2c3cccc4cccc(c34)S2(=O)=O)cc1C. The summed E-state index contributed by atoms with van der Waals surface area (Å²) in [5, 5.41) is 4.36. The normalized spacial score (nSPS) is 15.7. The van der Waals surface area contributed by atoms with Gasteiger partial charge in [-0.1, -0.05) is 30.3 Å². The number of hydrogen-bond donors (Lipinski definition) is 1. The van der Waals surface area contributed by atoms with Crippen LogP contribution in [0.4, 0.5) is 11.4 Å². The van der Waals surface area contributed by atoms with Gasteiger partial charge in [0.1, 0.15) is 6.04 Å². The number of rotatable bonds is 3. The second-order valence-corrected chi connectivity index (χ2v) is 8.68. The Kier molecular flexibility index (Phi) is 3.96. The molecule has 0 aliphatic carbocycles. The Morgan fingerprint density at radius 2 is 1.70 bits per heavy atom. The van der Waals surface area contributed by atoms with E-state index in [1.807, 2.05) is 50.2 Å². The Morgan fingerprint density at radius 1 is 1.00 bits per heavy atom. The molecule has 0 aromatic heterocycles. The van der Waals surface area contributed by atoms with Crippen molar-refractivity contribution in [1.82, 2.24) is 0 Å². The predicted octanol–water partition coefficient (Wildman–Crippen LogP) is 3.99. The summed E-state index contributed by atoms with van der Waals surface area (Å²) in [6.07, 6.45) is 0. The maximum absolute atomic E-state index is 13.1. The van der Waals surface area contributed by atoms with E-state index in [-0.39, 0.29) is 10.8 Å². The average molecular weight is 380 g/mol. The van der Waals surface area contributed by atoms with Crippen LogP contribution >= 0.6 is 0 Å². The van der Waals surface area contributed by atoms with E-state index in [0.717, 1.165) is 16.5 Å². The van der Waals surface area contributed by atoms with Gasteiger partial charge < -0.3 is 5.32 Å². The van der Waals surface area contributed by atoms with Crippen LogP contribution in [0.3, 0.4) is 0 Å². The Hall–Kier alpha value is -2.86. The summed E-state index contributed by atoms with van der Waals surface area (Å²) in [5.74, 6) is -0.369. The second-order valence-electron chi connectivity index (χ2n) is 6.90. The molecule has 27 heavy (non-hydrogen) atoms. The number of amides is 1. The molecule has 1 amide bonds. The molecule has 6 heteroatoms. The summed E-state index contributed by atoms with van der Waals surface area (Å²) in [5.41, 5.74) is 3.39. The highest BCUT2D eigenvalue weighted by atomic mass is 32.2. The smallest absolute Gasteiger partial charge is 0.265 e. The van der Waals surface area contributed by atoms with Gasteiger partial charge in [0, 0.05) is 11.1 Å². The molecule has 1 aliphatic heterocycles. The first-order valence-corrected chi connectivity index (χ1v) is 10.2. The first kappa shape index (κ1) is 17.5. The molecular formula is C21H20N2O3S. The zero-order chi connectivity index (χ0) is 19.3. The fourth-order valence-electron chi connectivity index (χ4n) is 3.51. The van der Waals surface area contributed by atoms with Crippen LogP contribution in [0.1, 0.15) is 18.1 Å². The van der Waals surface area contributed by atoms with Gasteiger partial charge in [-0.25, -0.2) is 8.42 Å². The van der Waals surface area contributed by atoms with E-state index in [4.69, 9.17) is 0 Å². The van der Waals surface area contributed by atoms with Crippen molar-refractivity contribution < 1.29 is 13.2 Å². The minimum Gasteiger partial charge on any atom is -0.324 e. The van der Waals surface area contributed by atoms with Gasteiger partial charge in [-0.2, -0.15) is 0 Å². The molecule has 0 saturated heterocycles. The highest BCUT2D eigenvalue weighted by Crippen LogP contribution is 2.43. The summed E-state index contributed by atoms with van der Waals surface area (Å²) in [6.45, 7) is 5.58. The average Bonchev–Trinajstić information content (AvgIpc) is 2.87. The molecule has 0 unspecified atom stereocenters. The molecule has 3 aromatic rings. The van der Waals surface area contributed by atoms with Gasteiger partial charge in [0.2, 0.25) is 5.91 Å². The molecule has 0 fully saturated rings. The van der Waals surface area contributed by atoms with Crippen molar-refractivity contribution in [2.75, 3.05) is 9.62 Å². The number of aryl methyl sites for hydroxylation is 2. The predicted molar refractivity (Wildman–Crippen MR) is 108 cm³/mol. The van der Waals surface area contributed by atoms with Crippen LogP contribution in [0.25, 0.3) is 10.8 Å². The van der Waals surface area contributed by atoms with Crippen LogP contribution in [0.5, 0.6) is 0 Å². The van der Waals surface area contributed by atoms with Crippen molar-refractivity contribution >= 4 is 38.1 Å². The van der Waals surface area contributed by atoms with Gasteiger partial charge in [-0.05, 0) is 61.5 Å². The van der Waals surface area contributed by atoms with E-state index in [2.05, 4.69) is 5.32 Å². The summed E-state index contributed by atoms with van der Waals surface area (Å²) in [7, 11) is -3.78. The lowest BCUT2D eigenvalue weighted by atomic mass is 10.1. The maximum atomic E-state index is 13.1. The van der Waals surface area contributed by atoms with Crippen LogP contribution in [0, 0.1) is 13.8 Å². The summed E-state index contributed by atoms with van der Waals surface area (Å²) < 4.78 is 27.4. The van der Waals surface area contributed by atoms with Gasteiger partial charge >= 0.3 is 0 Å². The van der Waals surface area contributed by atoms with Crippen LogP contribution < -0.4 is 9.62 Å². The number of hydrogen-bond acceptors (Lipinski definition) is 3. The van der Waals surface area contributed by atoms with Crippen molar-refractivity contribution in [2.45, 2.75) is 31.7 Å². The van der Waals surface area contributed by atoms with E-state index in [0.29, 0.717) is 16.8 Å². The fraction of sp³-hybridized carbons (Fsp3) is 0.190. The quantitative estimate of drug-likeness (QED) is 0.747. The Labute approximate surface area is 158 Å². The van der Waals surface area contributed by atoms with Gasteiger partial charge in [0.25, 0.3) is 10.0 Å². The molecule has 1 aliphatic rings. The van der Waals surface area contributed by atoms with Crippen LogP contribution in [-0.2, 0) is 14.8 Å². The van der Waals surface area contributed by atoms with E-state index < -0.39 is 16.1 Å². The Bertz CT molecular complexity index is 1180. The summed E-state index contributed by atoms with van der Waals surface area (Å²) in [6, 6.07) is 15.4. The Balaban J connectivity index is 1.72. The van der Waals surface area contributed by atoms with Crippen LogP contribution in [0.2, 0.25) is 0 Å². The van der Waals surface area contributed by atoms with Gasteiger partial charge in [0.15, 0.2) is 0 Å². The molecule has 0 bridgehead atoms. The monoisotopic (exact) mass is 380 g/mol. The zero-order valence-electron chi connectivity index (χ0n) is 15.4. The number of sulfonamides is 1. The standard InChI is InChI=1S/C21H20N2O3S/c1-13-10-11-17(12-14(13)2)22-21(24)15(3)23-18-8-4-6-16-7-5-9-19(20(16)18)27(23,25)26/h4-12,15H,1-3H3,(H,22,24)/t15-/m1/s1. The van der Waals surface area contributed by atoms with E-state index in [9.17, 15) is 13.2 Å². The molecule has 3 aromatic carbocycles. The van der Waals surface area contributed by atoms with E-state index in [1.165, 1.54) is 4.31 Å². The lowest BCUT2D eigenvalue weighted by molar-refractivity contribution is -0.116. The van der Waals surface area contributed by atoms with Crippen LogP contribution in [0.15, 0.2) is 59.5 Å². The number of anilines is 2. The van der Waals surface area contributed by atoms with Crippen molar-refractivity contribution in [2.24, 2.45) is 0 Å².